The van der Waals surface area contributed by atoms with Gasteiger partial charge in [-0.25, -0.2) is 0 Å². The van der Waals surface area contributed by atoms with Crippen molar-refractivity contribution in [1.29, 1.82) is 0 Å². The number of Topliss-reactive ketones (excluding diaryl/α,β-unsaturated/α-hetero) is 1. The number of benzene rings is 2. The molecule has 0 aromatic heterocycles. The maximum absolute atomic E-state index is 13.2. The van der Waals surface area contributed by atoms with E-state index >= 15 is 0 Å². The Kier molecular flexibility index (Phi) is 6.97. The standard InChI is InChI=1S/C21H24O12/c1-7-15(27)18(30)19(31)21(32-7)33-20(16(28)8-2-3-10(23)11(24)4-8)17(29)14-12(25)5-9(22)6-13(14)26/h2-7,15-16,18-28,30-31H,1H3. The second-order valence-electron chi connectivity index (χ2n) is 7.65. The second-order valence-corrected chi connectivity index (χ2v) is 7.65. The normalized spacial score (nSPS) is 27.1. The minimum Gasteiger partial charge on any atom is -0.508 e. The molecule has 12 nitrogen and oxygen atoms in total. The van der Waals surface area contributed by atoms with Crippen LogP contribution in [0.25, 0.3) is 0 Å². The van der Waals surface area contributed by atoms with E-state index in [2.05, 4.69) is 0 Å². The monoisotopic (exact) mass is 468 g/mol. The number of aliphatic hydroxyl groups is 4. The van der Waals surface area contributed by atoms with Crippen LogP contribution in [0, 0.1) is 0 Å². The Hall–Kier alpha value is -3.13. The Labute approximate surface area is 186 Å². The van der Waals surface area contributed by atoms with Crippen LogP contribution < -0.4 is 0 Å². The van der Waals surface area contributed by atoms with Gasteiger partial charge in [-0.1, -0.05) is 6.07 Å². The average Bonchev–Trinajstić information content (AvgIpc) is 2.74. The molecule has 7 atom stereocenters. The van der Waals surface area contributed by atoms with Crippen LogP contribution in [0.15, 0.2) is 30.3 Å². The van der Waals surface area contributed by atoms with Gasteiger partial charge in [0.2, 0.25) is 5.78 Å². The Balaban J connectivity index is 2.02. The second kappa shape index (κ2) is 9.39. The van der Waals surface area contributed by atoms with Crippen molar-refractivity contribution in [3.05, 3.63) is 41.5 Å². The van der Waals surface area contributed by atoms with E-state index in [4.69, 9.17) is 9.47 Å². The lowest BCUT2D eigenvalue weighted by molar-refractivity contribution is -0.304. The van der Waals surface area contributed by atoms with E-state index in [0.717, 1.165) is 30.3 Å². The summed E-state index contributed by atoms with van der Waals surface area (Å²) in [5.74, 6) is -4.61. The number of aromatic hydroxyl groups is 5. The fraction of sp³-hybridized carbons (Fsp3) is 0.381. The zero-order valence-electron chi connectivity index (χ0n) is 17.2. The summed E-state index contributed by atoms with van der Waals surface area (Å²) in [5.41, 5.74) is -0.876. The molecule has 1 heterocycles. The van der Waals surface area contributed by atoms with Crippen LogP contribution in [-0.4, -0.2) is 88.6 Å². The zero-order valence-corrected chi connectivity index (χ0v) is 17.2. The number of phenolic OH excluding ortho intramolecular Hbond substituents is 5. The number of carbonyl (C=O) groups is 1. The molecular weight excluding hydrogens is 444 g/mol. The van der Waals surface area contributed by atoms with Gasteiger partial charge in [0, 0.05) is 12.1 Å². The third kappa shape index (κ3) is 4.80. The molecule has 0 spiro atoms. The summed E-state index contributed by atoms with van der Waals surface area (Å²) in [6.45, 7) is 1.36. The third-order valence-corrected chi connectivity index (χ3v) is 5.30. The van der Waals surface area contributed by atoms with Crippen molar-refractivity contribution in [2.45, 2.75) is 49.8 Å². The Morgan fingerprint density at radius 1 is 0.879 bits per heavy atom. The van der Waals surface area contributed by atoms with Gasteiger partial charge >= 0.3 is 0 Å². The summed E-state index contributed by atoms with van der Waals surface area (Å²) in [7, 11) is 0. The summed E-state index contributed by atoms with van der Waals surface area (Å²) >= 11 is 0. The first kappa shape index (κ1) is 24.5. The van der Waals surface area contributed by atoms with Gasteiger partial charge in [-0.3, -0.25) is 4.79 Å². The highest BCUT2D eigenvalue weighted by Gasteiger charge is 2.45. The van der Waals surface area contributed by atoms with Crippen molar-refractivity contribution in [3.8, 4) is 28.7 Å². The van der Waals surface area contributed by atoms with Crippen LogP contribution in [0.3, 0.4) is 0 Å². The van der Waals surface area contributed by atoms with Crippen molar-refractivity contribution in [1.82, 2.24) is 0 Å². The molecule has 9 N–H and O–H groups in total. The maximum Gasteiger partial charge on any atom is 0.202 e. The van der Waals surface area contributed by atoms with Gasteiger partial charge in [-0.15, -0.1) is 0 Å². The lowest BCUT2D eigenvalue weighted by atomic mass is 9.94. The highest BCUT2D eigenvalue weighted by Crippen LogP contribution is 2.37. The average molecular weight is 468 g/mol. The topological polar surface area (TPSA) is 218 Å². The molecule has 0 amide bonds. The van der Waals surface area contributed by atoms with Gasteiger partial charge in [0.25, 0.3) is 0 Å². The number of rotatable bonds is 6. The molecule has 33 heavy (non-hydrogen) atoms. The summed E-state index contributed by atoms with van der Waals surface area (Å²) in [6, 6.07) is 4.63. The lowest BCUT2D eigenvalue weighted by Crippen LogP contribution is -2.58. The van der Waals surface area contributed by atoms with E-state index in [-0.39, 0.29) is 5.56 Å². The summed E-state index contributed by atoms with van der Waals surface area (Å²) < 4.78 is 10.8. The summed E-state index contributed by atoms with van der Waals surface area (Å²) in [4.78, 5) is 13.2. The van der Waals surface area contributed by atoms with Gasteiger partial charge in [0.05, 0.1) is 6.10 Å². The molecule has 7 unspecified atom stereocenters. The molecule has 1 aliphatic heterocycles. The molecular formula is C21H24O12. The van der Waals surface area contributed by atoms with Crippen LogP contribution in [-0.2, 0) is 9.47 Å². The number of hydrogen-bond acceptors (Lipinski definition) is 12. The van der Waals surface area contributed by atoms with Crippen LogP contribution >= 0.6 is 0 Å². The molecule has 1 aliphatic rings. The smallest absolute Gasteiger partial charge is 0.202 e. The number of carbonyl (C=O) groups excluding carboxylic acids is 1. The van der Waals surface area contributed by atoms with Crippen molar-refractivity contribution in [3.63, 3.8) is 0 Å². The maximum atomic E-state index is 13.2. The van der Waals surface area contributed by atoms with Gasteiger partial charge in [0.1, 0.15) is 47.2 Å². The number of aliphatic hydroxyl groups excluding tert-OH is 4. The number of hydrogen-bond donors (Lipinski definition) is 9. The molecule has 0 bridgehead atoms. The Bertz CT molecular complexity index is 1000. The third-order valence-electron chi connectivity index (χ3n) is 5.30. The molecule has 0 radical (unpaired) electrons. The molecule has 12 heteroatoms. The summed E-state index contributed by atoms with van der Waals surface area (Å²) in [5, 5.41) is 89.9. The fourth-order valence-corrected chi connectivity index (χ4v) is 3.44. The molecule has 0 aliphatic carbocycles. The van der Waals surface area contributed by atoms with E-state index in [0.29, 0.717) is 0 Å². The Morgan fingerprint density at radius 3 is 2.06 bits per heavy atom. The molecule has 1 fully saturated rings. The van der Waals surface area contributed by atoms with Crippen LogP contribution in [0.5, 0.6) is 28.7 Å². The highest BCUT2D eigenvalue weighted by molar-refractivity contribution is 6.04. The minimum atomic E-state index is -2.01. The molecule has 2 aromatic carbocycles. The minimum absolute atomic E-state index is 0.139. The quantitative estimate of drug-likeness (QED) is 0.191. The van der Waals surface area contributed by atoms with Gasteiger partial charge < -0.3 is 55.4 Å². The van der Waals surface area contributed by atoms with Crippen LogP contribution in [0.1, 0.15) is 28.9 Å². The SMILES string of the molecule is CC1OC(OC(C(=O)c2c(O)cc(O)cc2O)C(O)c2ccc(O)c(O)c2)C(O)C(O)C1O. The van der Waals surface area contributed by atoms with Crippen molar-refractivity contribution < 1.29 is 60.2 Å². The van der Waals surface area contributed by atoms with E-state index in [1.54, 1.807) is 0 Å². The first-order valence-electron chi connectivity index (χ1n) is 9.76. The number of ketones is 1. The predicted octanol–water partition coefficient (Wildman–Crippen LogP) is -0.656. The van der Waals surface area contributed by atoms with E-state index in [1.165, 1.54) is 6.92 Å². The first-order chi connectivity index (χ1) is 15.4. The largest absolute Gasteiger partial charge is 0.508 e. The summed E-state index contributed by atoms with van der Waals surface area (Å²) in [6.07, 6.45) is -11.8. The van der Waals surface area contributed by atoms with Crippen LogP contribution in [0.4, 0.5) is 0 Å². The predicted molar refractivity (Wildman–Crippen MR) is 108 cm³/mol. The van der Waals surface area contributed by atoms with Gasteiger partial charge in [-0.2, -0.15) is 0 Å². The molecule has 180 valence electrons. The Morgan fingerprint density at radius 2 is 1.48 bits per heavy atom. The number of phenols is 5. The van der Waals surface area contributed by atoms with Crippen LogP contribution in [0.2, 0.25) is 0 Å². The van der Waals surface area contributed by atoms with E-state index < -0.39 is 83.0 Å². The lowest BCUT2D eigenvalue weighted by Gasteiger charge is -2.40. The van der Waals surface area contributed by atoms with Crippen molar-refractivity contribution >= 4 is 5.78 Å². The van der Waals surface area contributed by atoms with Gasteiger partial charge in [-0.05, 0) is 24.6 Å². The fourth-order valence-electron chi connectivity index (χ4n) is 3.44. The van der Waals surface area contributed by atoms with Crippen molar-refractivity contribution in [2.24, 2.45) is 0 Å². The van der Waals surface area contributed by atoms with Gasteiger partial charge in [0.15, 0.2) is 23.9 Å². The highest BCUT2D eigenvalue weighted by atomic mass is 16.7. The number of ether oxygens (including phenoxy) is 2. The first-order valence-corrected chi connectivity index (χ1v) is 9.76. The zero-order chi connectivity index (χ0) is 24.6. The van der Waals surface area contributed by atoms with E-state index in [9.17, 15) is 50.8 Å². The van der Waals surface area contributed by atoms with Crippen molar-refractivity contribution in [2.75, 3.05) is 0 Å². The van der Waals surface area contributed by atoms with E-state index in [1.807, 2.05) is 0 Å². The molecule has 2 aromatic rings. The molecule has 1 saturated heterocycles. The molecule has 0 saturated carbocycles. The molecule has 3 rings (SSSR count).